The van der Waals surface area contributed by atoms with Gasteiger partial charge >= 0.3 is 11.9 Å². The molecular weight excluding hydrogens is 299 g/mol. The van der Waals surface area contributed by atoms with E-state index in [1.807, 2.05) is 0 Å². The van der Waals surface area contributed by atoms with Gasteiger partial charge in [-0.3, -0.25) is 9.59 Å². The zero-order chi connectivity index (χ0) is 14.6. The topological polar surface area (TPSA) is 108 Å². The summed E-state index contributed by atoms with van der Waals surface area (Å²) < 4.78 is 4.34. The fourth-order valence-corrected chi connectivity index (χ4v) is 1.53. The fourth-order valence-electron chi connectivity index (χ4n) is 1.21. The molecule has 0 saturated carbocycles. The highest BCUT2D eigenvalue weighted by Gasteiger charge is 2.25. The quantitative estimate of drug-likeness (QED) is 0.705. The summed E-state index contributed by atoms with van der Waals surface area (Å²) in [5, 5.41) is 11.2. The van der Waals surface area contributed by atoms with Crippen LogP contribution >= 0.6 is 23.2 Å². The molecule has 104 valence electrons. The van der Waals surface area contributed by atoms with Gasteiger partial charge in [0.2, 0.25) is 0 Å². The average Bonchev–Trinajstić information content (AvgIpc) is 2.68. The van der Waals surface area contributed by atoms with E-state index in [2.05, 4.69) is 15.0 Å². The smallest absolute Gasteiger partial charge is 0.326 e. The number of methoxy groups -OCH3 is 1. The van der Waals surface area contributed by atoms with E-state index in [0.29, 0.717) is 0 Å². The molecule has 1 rings (SSSR count). The molecule has 0 fully saturated rings. The number of esters is 1. The molecule has 1 atom stereocenters. The van der Waals surface area contributed by atoms with Crippen LogP contribution in [0.25, 0.3) is 0 Å². The Morgan fingerprint density at radius 2 is 2.11 bits per heavy atom. The van der Waals surface area contributed by atoms with Crippen molar-refractivity contribution in [2.75, 3.05) is 7.11 Å². The molecule has 0 spiro atoms. The van der Waals surface area contributed by atoms with Gasteiger partial charge in [0, 0.05) is 0 Å². The van der Waals surface area contributed by atoms with Crippen molar-refractivity contribution in [3.8, 4) is 0 Å². The van der Waals surface area contributed by atoms with Gasteiger partial charge in [0.05, 0.1) is 18.6 Å². The summed E-state index contributed by atoms with van der Waals surface area (Å²) in [7, 11) is 1.12. The number of ether oxygens (including phenoxy) is 1. The van der Waals surface area contributed by atoms with Crippen LogP contribution in [-0.2, 0) is 14.3 Å². The molecule has 1 aromatic heterocycles. The van der Waals surface area contributed by atoms with Crippen molar-refractivity contribution in [1.82, 2.24) is 10.3 Å². The molecule has 1 amide bonds. The van der Waals surface area contributed by atoms with E-state index >= 15 is 0 Å². The molecule has 9 heteroatoms. The Labute approximate surface area is 117 Å². The van der Waals surface area contributed by atoms with Crippen LogP contribution in [0.3, 0.4) is 0 Å². The minimum atomic E-state index is -1.40. The second-order valence-corrected chi connectivity index (χ2v) is 4.27. The van der Waals surface area contributed by atoms with Gasteiger partial charge in [0.25, 0.3) is 5.91 Å². The van der Waals surface area contributed by atoms with Crippen LogP contribution in [0.1, 0.15) is 16.9 Å². The number of carbonyl (C=O) groups is 3. The van der Waals surface area contributed by atoms with Crippen LogP contribution in [0, 0.1) is 0 Å². The number of aliphatic carboxylic acids is 1. The Balaban J connectivity index is 2.76. The first-order valence-corrected chi connectivity index (χ1v) is 5.75. The van der Waals surface area contributed by atoms with E-state index in [4.69, 9.17) is 28.3 Å². The van der Waals surface area contributed by atoms with Gasteiger partial charge < -0.3 is 20.1 Å². The summed E-state index contributed by atoms with van der Waals surface area (Å²) in [5.74, 6) is -2.86. The number of rotatable bonds is 5. The maximum Gasteiger partial charge on any atom is 0.326 e. The first-order chi connectivity index (χ1) is 8.85. The summed E-state index contributed by atoms with van der Waals surface area (Å²) >= 11 is 11.3. The Bertz CT molecular complexity index is 495. The Morgan fingerprint density at radius 1 is 1.47 bits per heavy atom. The molecule has 0 unspecified atom stereocenters. The van der Waals surface area contributed by atoms with Crippen LogP contribution < -0.4 is 5.32 Å². The van der Waals surface area contributed by atoms with Crippen molar-refractivity contribution in [1.29, 1.82) is 0 Å². The van der Waals surface area contributed by atoms with E-state index in [-0.39, 0.29) is 15.9 Å². The number of aromatic amines is 1. The number of amides is 1. The number of hydrogen-bond acceptors (Lipinski definition) is 4. The maximum atomic E-state index is 11.7. The van der Waals surface area contributed by atoms with Gasteiger partial charge in [0.1, 0.15) is 16.9 Å². The maximum absolute atomic E-state index is 11.7. The number of nitrogens with one attached hydrogen (secondary N) is 2. The highest BCUT2D eigenvalue weighted by Crippen LogP contribution is 2.21. The van der Waals surface area contributed by atoms with Crippen molar-refractivity contribution < 1.29 is 24.2 Å². The molecule has 0 aliphatic rings. The van der Waals surface area contributed by atoms with E-state index in [1.54, 1.807) is 0 Å². The number of halogens is 2. The van der Waals surface area contributed by atoms with Gasteiger partial charge in [-0.15, -0.1) is 0 Å². The van der Waals surface area contributed by atoms with Gasteiger partial charge in [-0.2, -0.15) is 0 Å². The van der Waals surface area contributed by atoms with Crippen LogP contribution in [0.15, 0.2) is 6.07 Å². The second-order valence-electron chi connectivity index (χ2n) is 3.49. The third kappa shape index (κ3) is 4.15. The fraction of sp³-hybridized carbons (Fsp3) is 0.300. The van der Waals surface area contributed by atoms with Crippen molar-refractivity contribution in [3.63, 3.8) is 0 Å². The Kier molecular flexibility index (Phi) is 5.20. The Hall–Kier alpha value is -1.73. The number of carboxylic acids is 1. The lowest BCUT2D eigenvalue weighted by atomic mass is 10.2. The van der Waals surface area contributed by atoms with Crippen molar-refractivity contribution >= 4 is 41.0 Å². The molecule has 0 aliphatic carbocycles. The van der Waals surface area contributed by atoms with E-state index in [9.17, 15) is 14.4 Å². The van der Waals surface area contributed by atoms with Gasteiger partial charge in [-0.25, -0.2) is 4.79 Å². The molecule has 3 N–H and O–H groups in total. The highest BCUT2D eigenvalue weighted by molar-refractivity contribution is 6.41. The van der Waals surface area contributed by atoms with Crippen LogP contribution in [0.4, 0.5) is 0 Å². The van der Waals surface area contributed by atoms with Gasteiger partial charge in [0.15, 0.2) is 0 Å². The normalized spacial score (nSPS) is 11.7. The number of carboxylic acid groups (broad SMARTS) is 1. The van der Waals surface area contributed by atoms with Crippen LogP contribution in [-0.4, -0.2) is 41.1 Å². The van der Waals surface area contributed by atoms with E-state index < -0.39 is 30.3 Å². The lowest BCUT2D eigenvalue weighted by molar-refractivity contribution is -0.147. The molecule has 0 bridgehead atoms. The lowest BCUT2D eigenvalue weighted by Crippen LogP contribution is -2.42. The first-order valence-electron chi connectivity index (χ1n) is 4.99. The molecule has 0 radical (unpaired) electrons. The summed E-state index contributed by atoms with van der Waals surface area (Å²) in [6.07, 6.45) is -0.486. The minimum absolute atomic E-state index is 0.00823. The Morgan fingerprint density at radius 3 is 2.53 bits per heavy atom. The molecule has 0 aliphatic heterocycles. The zero-order valence-corrected chi connectivity index (χ0v) is 11.2. The van der Waals surface area contributed by atoms with Crippen molar-refractivity contribution in [2.45, 2.75) is 12.5 Å². The minimum Gasteiger partial charge on any atom is -0.480 e. The SMILES string of the molecule is COC(=O)C[C@H](NC(=O)c1cc(Cl)c(Cl)[nH]1)C(=O)O. The first kappa shape index (κ1) is 15.3. The molecule has 1 heterocycles. The van der Waals surface area contributed by atoms with E-state index in [1.165, 1.54) is 6.07 Å². The van der Waals surface area contributed by atoms with Gasteiger partial charge in [-0.1, -0.05) is 23.2 Å². The van der Waals surface area contributed by atoms with E-state index in [0.717, 1.165) is 7.11 Å². The van der Waals surface area contributed by atoms with Gasteiger partial charge in [-0.05, 0) is 6.07 Å². The number of aromatic nitrogens is 1. The molecule has 1 aromatic rings. The predicted octanol–water partition coefficient (Wildman–Crippen LogP) is 1.07. The molecule has 0 saturated heterocycles. The molecular formula is C10H10Cl2N2O5. The number of carbonyl (C=O) groups excluding carboxylic acids is 2. The van der Waals surface area contributed by atoms with Crippen molar-refractivity contribution in [3.05, 3.63) is 21.9 Å². The standard InChI is InChI=1S/C10H10Cl2N2O5/c1-19-7(15)3-6(10(17)18)14-9(16)5-2-4(11)8(12)13-5/h2,6,13H,3H2,1H3,(H,14,16)(H,17,18)/t6-/m0/s1. The third-order valence-electron chi connectivity index (χ3n) is 2.17. The third-order valence-corrected chi connectivity index (χ3v) is 2.86. The number of hydrogen-bond donors (Lipinski definition) is 3. The summed E-state index contributed by atoms with van der Waals surface area (Å²) in [6, 6.07) is -0.156. The number of H-pyrrole nitrogens is 1. The zero-order valence-electron chi connectivity index (χ0n) is 9.70. The monoisotopic (exact) mass is 308 g/mol. The largest absolute Gasteiger partial charge is 0.480 e. The van der Waals surface area contributed by atoms with Crippen LogP contribution in [0.2, 0.25) is 10.2 Å². The lowest BCUT2D eigenvalue weighted by Gasteiger charge is -2.12. The summed E-state index contributed by atoms with van der Waals surface area (Å²) in [6.45, 7) is 0. The summed E-state index contributed by atoms with van der Waals surface area (Å²) in [5.41, 5.74) is -0.00823. The second kappa shape index (κ2) is 6.44. The molecule has 7 nitrogen and oxygen atoms in total. The predicted molar refractivity (Wildman–Crippen MR) is 66.3 cm³/mol. The van der Waals surface area contributed by atoms with Crippen molar-refractivity contribution in [2.24, 2.45) is 0 Å². The molecule has 0 aromatic carbocycles. The summed E-state index contributed by atoms with van der Waals surface area (Å²) in [4.78, 5) is 36.1. The molecule has 19 heavy (non-hydrogen) atoms. The highest BCUT2D eigenvalue weighted by atomic mass is 35.5. The average molecular weight is 309 g/mol. The van der Waals surface area contributed by atoms with Crippen LogP contribution in [0.5, 0.6) is 0 Å².